The Morgan fingerprint density at radius 1 is 1.03 bits per heavy atom. The van der Waals surface area contributed by atoms with Crippen LogP contribution in [0.1, 0.15) is 29.7 Å². The van der Waals surface area contributed by atoms with E-state index in [0.717, 1.165) is 5.56 Å². The maximum Gasteiger partial charge on any atom is 0.300 e. The van der Waals surface area contributed by atoms with Crippen LogP contribution >= 0.6 is 11.6 Å². The van der Waals surface area contributed by atoms with Crippen LogP contribution in [0.3, 0.4) is 0 Å². The summed E-state index contributed by atoms with van der Waals surface area (Å²) in [5, 5.41) is 14.4. The van der Waals surface area contributed by atoms with Crippen molar-refractivity contribution in [2.45, 2.75) is 19.9 Å². The minimum Gasteiger partial charge on any atom is -0.507 e. The molecule has 1 aliphatic rings. The van der Waals surface area contributed by atoms with Gasteiger partial charge in [-0.15, -0.1) is 0 Å². The van der Waals surface area contributed by atoms with Gasteiger partial charge in [0.2, 0.25) is 5.91 Å². The van der Waals surface area contributed by atoms with E-state index in [2.05, 4.69) is 5.32 Å². The first-order valence-electron chi connectivity index (χ1n) is 11.3. The first-order chi connectivity index (χ1) is 17.7. The Balaban J connectivity index is 1.99. The Bertz CT molecular complexity index is 1450. The van der Waals surface area contributed by atoms with Crippen molar-refractivity contribution >= 4 is 46.3 Å². The quantitative estimate of drug-likeness (QED) is 0.261. The van der Waals surface area contributed by atoms with Gasteiger partial charge in [0.25, 0.3) is 11.7 Å². The summed E-state index contributed by atoms with van der Waals surface area (Å²) in [4.78, 5) is 39.9. The number of methoxy groups -OCH3 is 2. The lowest BCUT2D eigenvalue weighted by Crippen LogP contribution is -2.29. The lowest BCUT2D eigenvalue weighted by molar-refractivity contribution is -0.132. The molecule has 2 N–H and O–H groups in total. The van der Waals surface area contributed by atoms with Crippen molar-refractivity contribution in [1.82, 2.24) is 0 Å². The van der Waals surface area contributed by atoms with E-state index >= 15 is 0 Å². The zero-order chi connectivity index (χ0) is 26.9. The third-order valence-corrected chi connectivity index (χ3v) is 6.23. The van der Waals surface area contributed by atoms with Gasteiger partial charge in [-0.3, -0.25) is 19.3 Å². The molecule has 1 heterocycles. The van der Waals surface area contributed by atoms with E-state index in [0.29, 0.717) is 22.7 Å². The summed E-state index contributed by atoms with van der Waals surface area (Å²) in [5.74, 6) is -1.75. The number of carbonyl (C=O) groups is 3. The van der Waals surface area contributed by atoms with Crippen LogP contribution in [0.15, 0.2) is 66.2 Å². The van der Waals surface area contributed by atoms with E-state index in [1.165, 1.54) is 26.0 Å². The molecule has 2 amide bonds. The standard InChI is InChI=1S/C28H25ClN2O6/c1-15-11-21(27(37-4)22(29)12-15)25(33)23-24(17-7-5-10-20(13-17)36-3)31(28(35)26(23)34)19-9-6-8-18(14-19)30-16(2)32/h5-14,24,33H,1-4H3,(H,30,32)/b25-23+. The molecule has 37 heavy (non-hydrogen) atoms. The molecule has 0 bridgehead atoms. The molecule has 3 aromatic carbocycles. The minimum atomic E-state index is -1.01. The van der Waals surface area contributed by atoms with Crippen LogP contribution in [0.5, 0.6) is 11.5 Å². The van der Waals surface area contributed by atoms with Crippen molar-refractivity contribution in [3.63, 3.8) is 0 Å². The number of aliphatic hydroxyl groups is 1. The lowest BCUT2D eigenvalue weighted by atomic mass is 9.94. The number of anilines is 2. The SMILES string of the molecule is COc1cccc(C2/C(=C(\O)c3cc(C)cc(Cl)c3OC)C(=O)C(=O)N2c2cccc(NC(C)=O)c2)c1. The van der Waals surface area contributed by atoms with E-state index < -0.39 is 23.5 Å². The highest BCUT2D eigenvalue weighted by molar-refractivity contribution is 6.51. The van der Waals surface area contributed by atoms with Crippen molar-refractivity contribution in [2.75, 3.05) is 24.4 Å². The van der Waals surface area contributed by atoms with E-state index in [1.807, 2.05) is 0 Å². The molecule has 1 aliphatic heterocycles. The van der Waals surface area contributed by atoms with E-state index in [-0.39, 0.29) is 27.8 Å². The molecule has 190 valence electrons. The highest BCUT2D eigenvalue weighted by Crippen LogP contribution is 2.45. The van der Waals surface area contributed by atoms with Gasteiger partial charge in [0.05, 0.1) is 36.4 Å². The molecule has 1 atom stereocenters. The molecule has 0 aliphatic carbocycles. The van der Waals surface area contributed by atoms with E-state index in [1.54, 1.807) is 67.6 Å². The first kappa shape index (κ1) is 25.8. The number of nitrogens with one attached hydrogen (secondary N) is 1. The number of carbonyl (C=O) groups excluding carboxylic acids is 3. The zero-order valence-corrected chi connectivity index (χ0v) is 21.4. The van der Waals surface area contributed by atoms with Gasteiger partial charge in [0, 0.05) is 18.3 Å². The maximum absolute atomic E-state index is 13.5. The zero-order valence-electron chi connectivity index (χ0n) is 20.7. The molecule has 1 fully saturated rings. The number of amides is 2. The molecule has 0 aromatic heterocycles. The smallest absolute Gasteiger partial charge is 0.300 e. The number of hydrogen-bond acceptors (Lipinski definition) is 6. The fourth-order valence-electron chi connectivity index (χ4n) is 4.42. The van der Waals surface area contributed by atoms with Crippen molar-refractivity contribution in [3.05, 3.63) is 87.9 Å². The van der Waals surface area contributed by atoms with Gasteiger partial charge in [-0.2, -0.15) is 0 Å². The minimum absolute atomic E-state index is 0.136. The Kier molecular flexibility index (Phi) is 7.22. The molecule has 0 radical (unpaired) electrons. The highest BCUT2D eigenvalue weighted by Gasteiger charge is 2.47. The van der Waals surface area contributed by atoms with Crippen LogP contribution in [0.25, 0.3) is 5.76 Å². The van der Waals surface area contributed by atoms with E-state index in [9.17, 15) is 19.5 Å². The summed E-state index contributed by atoms with van der Waals surface area (Å²) < 4.78 is 10.8. The van der Waals surface area contributed by atoms with Crippen LogP contribution in [-0.4, -0.2) is 36.9 Å². The summed E-state index contributed by atoms with van der Waals surface area (Å²) in [6.07, 6.45) is 0. The second-order valence-electron chi connectivity index (χ2n) is 8.50. The van der Waals surface area contributed by atoms with Crippen molar-refractivity contribution < 1.29 is 29.0 Å². The molecule has 1 saturated heterocycles. The van der Waals surface area contributed by atoms with Crippen LogP contribution in [0, 0.1) is 6.92 Å². The van der Waals surface area contributed by atoms with E-state index in [4.69, 9.17) is 21.1 Å². The van der Waals surface area contributed by atoms with Gasteiger partial charge in [-0.05, 0) is 60.5 Å². The van der Waals surface area contributed by atoms with Gasteiger partial charge in [0.1, 0.15) is 17.3 Å². The lowest BCUT2D eigenvalue weighted by Gasteiger charge is -2.26. The van der Waals surface area contributed by atoms with Crippen LogP contribution in [0.2, 0.25) is 5.02 Å². The molecule has 4 rings (SSSR count). The molecular formula is C28H25ClN2O6. The Hall–Kier alpha value is -4.30. The van der Waals surface area contributed by atoms with Gasteiger partial charge >= 0.3 is 0 Å². The predicted molar refractivity (Wildman–Crippen MR) is 141 cm³/mol. The molecule has 0 saturated carbocycles. The van der Waals surface area contributed by atoms with Crippen LogP contribution in [0.4, 0.5) is 11.4 Å². The summed E-state index contributed by atoms with van der Waals surface area (Å²) >= 11 is 6.36. The summed E-state index contributed by atoms with van der Waals surface area (Å²) in [7, 11) is 2.91. The van der Waals surface area contributed by atoms with Gasteiger partial charge < -0.3 is 19.9 Å². The Morgan fingerprint density at radius 3 is 2.43 bits per heavy atom. The van der Waals surface area contributed by atoms with Crippen molar-refractivity contribution in [2.24, 2.45) is 0 Å². The molecule has 9 heteroatoms. The molecule has 3 aromatic rings. The van der Waals surface area contributed by atoms with Crippen LogP contribution < -0.4 is 19.7 Å². The van der Waals surface area contributed by atoms with Crippen LogP contribution in [-0.2, 0) is 14.4 Å². The number of ether oxygens (including phenoxy) is 2. The predicted octanol–water partition coefficient (Wildman–Crippen LogP) is 5.25. The number of halogens is 1. The average Bonchev–Trinajstić information content (AvgIpc) is 3.13. The third kappa shape index (κ3) is 4.88. The second kappa shape index (κ2) is 10.4. The number of hydrogen-bond donors (Lipinski definition) is 2. The first-order valence-corrected chi connectivity index (χ1v) is 11.7. The summed E-state index contributed by atoms with van der Waals surface area (Å²) in [5.41, 5.74) is 2.11. The number of aliphatic hydroxyl groups excluding tert-OH is 1. The second-order valence-corrected chi connectivity index (χ2v) is 8.91. The Labute approximate surface area is 219 Å². The molecule has 0 spiro atoms. The normalized spacial score (nSPS) is 16.6. The number of Topliss-reactive ketones (excluding diaryl/α,β-unsaturated/α-hetero) is 1. The van der Waals surface area contributed by atoms with Crippen molar-refractivity contribution in [1.29, 1.82) is 0 Å². The molecule has 8 nitrogen and oxygen atoms in total. The fraction of sp³-hybridized carbons (Fsp3) is 0.179. The van der Waals surface area contributed by atoms with Crippen molar-refractivity contribution in [3.8, 4) is 11.5 Å². The maximum atomic E-state index is 13.5. The third-order valence-electron chi connectivity index (χ3n) is 5.95. The number of aryl methyl sites for hydroxylation is 1. The average molecular weight is 521 g/mol. The largest absolute Gasteiger partial charge is 0.507 e. The fourth-order valence-corrected chi connectivity index (χ4v) is 4.77. The highest BCUT2D eigenvalue weighted by atomic mass is 35.5. The van der Waals surface area contributed by atoms with Gasteiger partial charge in [0.15, 0.2) is 0 Å². The Morgan fingerprint density at radius 2 is 1.76 bits per heavy atom. The number of benzene rings is 3. The number of rotatable bonds is 6. The van der Waals surface area contributed by atoms with Gasteiger partial charge in [-0.1, -0.05) is 29.8 Å². The number of ketones is 1. The monoisotopic (exact) mass is 520 g/mol. The number of nitrogens with zero attached hydrogens (tertiary/aromatic N) is 1. The topological polar surface area (TPSA) is 105 Å². The van der Waals surface area contributed by atoms with Gasteiger partial charge in [-0.25, -0.2) is 0 Å². The molecule has 1 unspecified atom stereocenters. The molecular weight excluding hydrogens is 496 g/mol. The summed E-state index contributed by atoms with van der Waals surface area (Å²) in [6, 6.07) is 15.7. The summed E-state index contributed by atoms with van der Waals surface area (Å²) in [6.45, 7) is 3.16.